The normalized spacial score (nSPS) is 15.1. The molecule has 0 rings (SSSR count). The van der Waals surface area contributed by atoms with Crippen molar-refractivity contribution < 1.29 is 9.53 Å². The van der Waals surface area contributed by atoms with Crippen LogP contribution in [-0.4, -0.2) is 17.6 Å². The van der Waals surface area contributed by atoms with Gasteiger partial charge in [0.25, 0.3) is 0 Å². The van der Waals surface area contributed by atoms with Crippen molar-refractivity contribution in [2.45, 2.75) is 59.6 Å². The van der Waals surface area contributed by atoms with Crippen molar-refractivity contribution in [3.63, 3.8) is 0 Å². The number of ether oxygens (including phenoxy) is 1. The molecule has 0 fully saturated rings. The fraction of sp³-hybridized carbons (Fsp3) is 0.909. The van der Waals surface area contributed by atoms with Gasteiger partial charge in [0.1, 0.15) is 5.60 Å². The summed E-state index contributed by atoms with van der Waals surface area (Å²) in [6, 6.07) is -0.155. The molecule has 0 aliphatic rings. The first kappa shape index (κ1) is 13.4. The topological polar surface area (TPSA) is 52.3 Å². The number of hydrogen-bond donors (Lipinski definition) is 1. The summed E-state index contributed by atoms with van der Waals surface area (Å²) in [5.41, 5.74) is 5.39. The Kier molecular flexibility index (Phi) is 4.13. The monoisotopic (exact) mass is 201 g/mol. The Hall–Kier alpha value is -0.570. The van der Waals surface area contributed by atoms with E-state index in [4.69, 9.17) is 10.5 Å². The molecule has 0 aromatic heterocycles. The van der Waals surface area contributed by atoms with Crippen LogP contribution >= 0.6 is 0 Å². The van der Waals surface area contributed by atoms with Gasteiger partial charge < -0.3 is 10.5 Å². The summed E-state index contributed by atoms with van der Waals surface area (Å²) in [6.07, 6.45) is 0.279. The number of carbonyl (C=O) groups is 1. The third-order valence-corrected chi connectivity index (χ3v) is 1.92. The molecule has 84 valence electrons. The van der Waals surface area contributed by atoms with Gasteiger partial charge in [-0.05, 0) is 26.2 Å². The van der Waals surface area contributed by atoms with Gasteiger partial charge >= 0.3 is 5.97 Å². The van der Waals surface area contributed by atoms with Crippen molar-refractivity contribution in [3.8, 4) is 0 Å². The molecule has 0 radical (unpaired) electrons. The zero-order chi connectivity index (χ0) is 11.6. The van der Waals surface area contributed by atoms with Crippen LogP contribution in [0.1, 0.15) is 48.0 Å². The van der Waals surface area contributed by atoms with E-state index >= 15 is 0 Å². The van der Waals surface area contributed by atoms with E-state index in [0.717, 1.165) is 0 Å². The van der Waals surface area contributed by atoms with Crippen LogP contribution in [-0.2, 0) is 9.53 Å². The molecule has 0 heterocycles. The zero-order valence-corrected chi connectivity index (χ0v) is 10.2. The minimum absolute atomic E-state index is 0.0586. The van der Waals surface area contributed by atoms with Gasteiger partial charge in [-0.15, -0.1) is 0 Å². The van der Waals surface area contributed by atoms with Crippen LogP contribution < -0.4 is 5.73 Å². The second-order valence-corrected chi connectivity index (χ2v) is 5.76. The molecule has 1 atom stereocenters. The van der Waals surface area contributed by atoms with Crippen molar-refractivity contribution in [1.29, 1.82) is 0 Å². The van der Waals surface area contributed by atoms with E-state index in [9.17, 15) is 4.79 Å². The highest BCUT2D eigenvalue weighted by atomic mass is 16.6. The molecule has 0 saturated heterocycles. The number of nitrogens with two attached hydrogens (primary N) is 1. The summed E-state index contributed by atoms with van der Waals surface area (Å²) in [5.74, 6) is -0.222. The maximum absolute atomic E-state index is 11.4. The van der Waals surface area contributed by atoms with E-state index < -0.39 is 5.60 Å². The van der Waals surface area contributed by atoms with Crippen molar-refractivity contribution in [2.24, 2.45) is 11.1 Å². The van der Waals surface area contributed by atoms with Crippen LogP contribution in [0.4, 0.5) is 0 Å². The number of rotatable bonds is 2. The first-order valence-corrected chi connectivity index (χ1v) is 5.00. The van der Waals surface area contributed by atoms with Crippen molar-refractivity contribution >= 4 is 5.97 Å². The van der Waals surface area contributed by atoms with Gasteiger partial charge in [0.05, 0.1) is 6.42 Å². The SMILES string of the molecule is CC(C)(C)OC(=O)CC(N)C(C)(C)C. The summed E-state index contributed by atoms with van der Waals surface area (Å²) in [4.78, 5) is 11.4. The Morgan fingerprint density at radius 1 is 1.21 bits per heavy atom. The van der Waals surface area contributed by atoms with E-state index in [2.05, 4.69) is 0 Å². The van der Waals surface area contributed by atoms with E-state index in [1.54, 1.807) is 0 Å². The average Bonchev–Trinajstić information content (AvgIpc) is 1.79. The molecular weight excluding hydrogens is 178 g/mol. The fourth-order valence-electron chi connectivity index (χ4n) is 0.869. The predicted molar refractivity (Wildman–Crippen MR) is 57.9 cm³/mol. The smallest absolute Gasteiger partial charge is 0.307 e. The van der Waals surface area contributed by atoms with Gasteiger partial charge in [0.15, 0.2) is 0 Å². The highest BCUT2D eigenvalue weighted by Gasteiger charge is 2.25. The summed E-state index contributed by atoms with van der Waals surface area (Å²) < 4.78 is 5.18. The minimum Gasteiger partial charge on any atom is -0.460 e. The maximum atomic E-state index is 11.4. The Morgan fingerprint density at radius 2 is 1.64 bits per heavy atom. The Morgan fingerprint density at radius 3 is 1.93 bits per heavy atom. The van der Waals surface area contributed by atoms with Gasteiger partial charge in [-0.25, -0.2) is 0 Å². The predicted octanol–water partition coefficient (Wildman–Crippen LogP) is 2.09. The highest BCUT2D eigenvalue weighted by Crippen LogP contribution is 2.21. The molecule has 2 N–H and O–H groups in total. The molecule has 1 unspecified atom stereocenters. The van der Waals surface area contributed by atoms with Gasteiger partial charge in [-0.1, -0.05) is 20.8 Å². The molecule has 0 saturated carbocycles. The van der Waals surface area contributed by atoms with Crippen LogP contribution in [0.3, 0.4) is 0 Å². The van der Waals surface area contributed by atoms with E-state index in [1.165, 1.54) is 0 Å². The molecule has 0 aromatic rings. The molecule has 3 nitrogen and oxygen atoms in total. The lowest BCUT2D eigenvalue weighted by atomic mass is 9.85. The lowest BCUT2D eigenvalue weighted by Gasteiger charge is -2.27. The average molecular weight is 201 g/mol. The van der Waals surface area contributed by atoms with Crippen LogP contribution in [0.5, 0.6) is 0 Å². The first-order valence-electron chi connectivity index (χ1n) is 5.00. The van der Waals surface area contributed by atoms with Crippen molar-refractivity contribution in [1.82, 2.24) is 0 Å². The van der Waals surface area contributed by atoms with Crippen LogP contribution in [0.2, 0.25) is 0 Å². The highest BCUT2D eigenvalue weighted by molar-refractivity contribution is 5.70. The second kappa shape index (κ2) is 4.30. The van der Waals surface area contributed by atoms with Gasteiger partial charge in [0.2, 0.25) is 0 Å². The molecule has 0 aromatic carbocycles. The Labute approximate surface area is 87.0 Å². The molecule has 0 aliphatic carbocycles. The molecule has 3 heteroatoms. The molecule has 0 bridgehead atoms. The fourth-order valence-corrected chi connectivity index (χ4v) is 0.869. The van der Waals surface area contributed by atoms with Gasteiger partial charge in [-0.3, -0.25) is 4.79 Å². The first-order chi connectivity index (χ1) is 6.02. The van der Waals surface area contributed by atoms with Crippen LogP contribution in [0.15, 0.2) is 0 Å². The summed E-state index contributed by atoms with van der Waals surface area (Å²) >= 11 is 0. The van der Waals surface area contributed by atoms with Crippen molar-refractivity contribution in [2.75, 3.05) is 0 Å². The molecule has 0 aliphatic heterocycles. The number of carbonyl (C=O) groups excluding carboxylic acids is 1. The van der Waals surface area contributed by atoms with E-state index in [0.29, 0.717) is 0 Å². The largest absolute Gasteiger partial charge is 0.460 e. The van der Waals surface area contributed by atoms with Gasteiger partial charge in [0, 0.05) is 6.04 Å². The Balaban J connectivity index is 4.09. The summed E-state index contributed by atoms with van der Waals surface area (Å²) in [6.45, 7) is 11.6. The number of esters is 1. The van der Waals surface area contributed by atoms with Crippen LogP contribution in [0, 0.1) is 5.41 Å². The number of hydrogen-bond acceptors (Lipinski definition) is 3. The standard InChI is InChI=1S/C11H23NO2/c1-10(2,3)8(12)7-9(13)14-11(4,5)6/h8H,7,12H2,1-6H3. The maximum Gasteiger partial charge on any atom is 0.307 e. The minimum atomic E-state index is -0.422. The lowest BCUT2D eigenvalue weighted by Crippen LogP contribution is -2.38. The second-order valence-electron chi connectivity index (χ2n) is 5.76. The molecular formula is C11H23NO2. The van der Waals surface area contributed by atoms with Crippen LogP contribution in [0.25, 0.3) is 0 Å². The molecule has 0 amide bonds. The van der Waals surface area contributed by atoms with E-state index in [1.807, 2.05) is 41.5 Å². The molecule has 14 heavy (non-hydrogen) atoms. The Bertz CT molecular complexity index is 198. The zero-order valence-electron chi connectivity index (χ0n) is 10.2. The third-order valence-electron chi connectivity index (χ3n) is 1.92. The summed E-state index contributed by atoms with van der Waals surface area (Å²) in [5, 5.41) is 0. The molecule has 0 spiro atoms. The quantitative estimate of drug-likeness (QED) is 0.696. The summed E-state index contributed by atoms with van der Waals surface area (Å²) in [7, 11) is 0. The lowest BCUT2D eigenvalue weighted by molar-refractivity contribution is -0.155. The third kappa shape index (κ3) is 5.97. The van der Waals surface area contributed by atoms with E-state index in [-0.39, 0.29) is 23.8 Å². The van der Waals surface area contributed by atoms with Crippen molar-refractivity contribution in [3.05, 3.63) is 0 Å². The van der Waals surface area contributed by atoms with Gasteiger partial charge in [-0.2, -0.15) is 0 Å².